The van der Waals surface area contributed by atoms with E-state index in [0.717, 1.165) is 11.3 Å². The molecule has 0 heterocycles. The Balaban J connectivity index is 4.33. The first kappa shape index (κ1) is 17.2. The van der Waals surface area contributed by atoms with E-state index in [9.17, 15) is 14.4 Å². The summed E-state index contributed by atoms with van der Waals surface area (Å²) >= 11 is 0. The lowest BCUT2D eigenvalue weighted by Gasteiger charge is -2.22. The molecule has 19 heavy (non-hydrogen) atoms. The van der Waals surface area contributed by atoms with Crippen LogP contribution in [0.2, 0.25) is 0 Å². The molecule has 0 aliphatic carbocycles. The van der Waals surface area contributed by atoms with Crippen molar-refractivity contribution in [3.8, 4) is 0 Å². The van der Waals surface area contributed by atoms with E-state index < -0.39 is 18.0 Å². The highest BCUT2D eigenvalue weighted by Crippen LogP contribution is 2.02. The number of hydrogen-bond acceptors (Lipinski definition) is 3. The highest BCUT2D eigenvalue weighted by molar-refractivity contribution is 5.86. The summed E-state index contributed by atoms with van der Waals surface area (Å²) in [5, 5.41) is 14.0. The molecule has 7 heteroatoms. The Morgan fingerprint density at radius 3 is 2.26 bits per heavy atom. The molecule has 0 saturated heterocycles. The van der Waals surface area contributed by atoms with Crippen LogP contribution in [0.3, 0.4) is 0 Å². The maximum Gasteiger partial charge on any atom is 0.326 e. The van der Waals surface area contributed by atoms with Crippen LogP contribution in [0.1, 0.15) is 27.2 Å². The van der Waals surface area contributed by atoms with Crippen LogP contribution in [0, 0.1) is 5.92 Å². The van der Waals surface area contributed by atoms with Crippen LogP contribution in [-0.2, 0) is 9.59 Å². The molecule has 0 aromatic rings. The smallest absolute Gasteiger partial charge is 0.326 e. The Hall–Kier alpha value is -1.79. The third-order valence-corrected chi connectivity index (χ3v) is 2.51. The number of carbonyl (C=O) groups excluding carboxylic acids is 2. The van der Waals surface area contributed by atoms with Gasteiger partial charge in [0.1, 0.15) is 12.6 Å². The number of hydrogen-bond donors (Lipinski definition) is 3. The van der Waals surface area contributed by atoms with Gasteiger partial charge in [-0.1, -0.05) is 20.8 Å². The molecule has 1 atom stereocenters. The van der Waals surface area contributed by atoms with Crippen molar-refractivity contribution in [1.29, 1.82) is 0 Å². The number of rotatable bonds is 7. The van der Waals surface area contributed by atoms with E-state index in [2.05, 4.69) is 10.6 Å². The predicted octanol–water partition coefficient (Wildman–Crippen LogP) is 0.263. The summed E-state index contributed by atoms with van der Waals surface area (Å²) in [5.74, 6) is -1.59. The van der Waals surface area contributed by atoms with E-state index in [0.29, 0.717) is 6.54 Å². The minimum absolute atomic E-state index is 0.101. The van der Waals surface area contributed by atoms with Crippen molar-refractivity contribution < 1.29 is 19.5 Å². The van der Waals surface area contributed by atoms with Gasteiger partial charge in [-0.05, 0) is 12.3 Å². The third kappa shape index (κ3) is 6.64. The van der Waals surface area contributed by atoms with Crippen LogP contribution in [0.25, 0.3) is 0 Å². The number of nitrogens with one attached hydrogen (secondary N) is 2. The van der Waals surface area contributed by atoms with Gasteiger partial charge in [-0.15, -0.1) is 0 Å². The van der Waals surface area contributed by atoms with Crippen molar-refractivity contribution >= 4 is 17.9 Å². The van der Waals surface area contributed by atoms with Crippen LogP contribution >= 0.6 is 0 Å². The molecular formula is C12H23N3O4. The summed E-state index contributed by atoms with van der Waals surface area (Å²) in [7, 11) is 1.44. The minimum Gasteiger partial charge on any atom is -0.480 e. The van der Waals surface area contributed by atoms with Crippen LogP contribution in [0.5, 0.6) is 0 Å². The number of aliphatic carboxylic acids is 1. The Morgan fingerprint density at radius 2 is 1.84 bits per heavy atom. The number of likely N-dealkylation sites (N-methyl/N-ethyl adjacent to an activating group) is 1. The zero-order valence-corrected chi connectivity index (χ0v) is 11.9. The summed E-state index contributed by atoms with van der Waals surface area (Å²) < 4.78 is 0. The average Bonchev–Trinajstić information content (AvgIpc) is 2.31. The molecule has 0 rings (SSSR count). The van der Waals surface area contributed by atoms with E-state index in [1.807, 2.05) is 6.92 Å². The van der Waals surface area contributed by atoms with Crippen LogP contribution in [-0.4, -0.2) is 54.1 Å². The van der Waals surface area contributed by atoms with Gasteiger partial charge < -0.3 is 20.6 Å². The molecule has 3 N–H and O–H groups in total. The summed E-state index contributed by atoms with van der Waals surface area (Å²) in [4.78, 5) is 35.3. The Kier molecular flexibility index (Phi) is 7.55. The normalized spacial score (nSPS) is 11.8. The van der Waals surface area contributed by atoms with E-state index in [-0.39, 0.29) is 18.4 Å². The summed E-state index contributed by atoms with van der Waals surface area (Å²) in [6, 6.07) is -1.54. The lowest BCUT2D eigenvalue weighted by Crippen LogP contribution is -2.51. The fraction of sp³-hybridized carbons (Fsp3) is 0.750. The largest absolute Gasteiger partial charge is 0.480 e. The van der Waals surface area contributed by atoms with Crippen molar-refractivity contribution in [2.45, 2.75) is 33.2 Å². The number of urea groups is 1. The van der Waals surface area contributed by atoms with E-state index in [1.54, 1.807) is 13.8 Å². The molecule has 110 valence electrons. The molecule has 3 amide bonds. The fourth-order valence-corrected chi connectivity index (χ4v) is 1.36. The molecule has 0 saturated carbocycles. The van der Waals surface area contributed by atoms with Gasteiger partial charge >= 0.3 is 12.0 Å². The number of carboxylic acid groups (broad SMARTS) is 1. The zero-order chi connectivity index (χ0) is 15.0. The highest BCUT2D eigenvalue weighted by Gasteiger charge is 2.25. The second kappa shape index (κ2) is 8.34. The molecule has 0 spiro atoms. The highest BCUT2D eigenvalue weighted by atomic mass is 16.4. The number of carbonyl (C=O) groups is 3. The first-order valence-corrected chi connectivity index (χ1v) is 6.30. The van der Waals surface area contributed by atoms with Gasteiger partial charge in [-0.2, -0.15) is 0 Å². The summed E-state index contributed by atoms with van der Waals surface area (Å²) in [6.07, 6.45) is 0.816. The number of nitrogens with zero attached hydrogens (tertiary/aromatic N) is 1. The zero-order valence-electron chi connectivity index (χ0n) is 11.9. The van der Waals surface area contributed by atoms with E-state index >= 15 is 0 Å². The fourth-order valence-electron chi connectivity index (χ4n) is 1.36. The quantitative estimate of drug-likeness (QED) is 0.619. The first-order valence-electron chi connectivity index (χ1n) is 6.30. The van der Waals surface area contributed by atoms with Crippen molar-refractivity contribution in [3.63, 3.8) is 0 Å². The second-order valence-corrected chi connectivity index (χ2v) is 4.72. The molecule has 0 bridgehead atoms. The maximum absolute atomic E-state index is 11.7. The monoisotopic (exact) mass is 273 g/mol. The van der Waals surface area contributed by atoms with Gasteiger partial charge in [0, 0.05) is 13.6 Å². The van der Waals surface area contributed by atoms with Crippen LogP contribution < -0.4 is 10.6 Å². The third-order valence-electron chi connectivity index (χ3n) is 2.51. The van der Waals surface area contributed by atoms with Crippen LogP contribution in [0.15, 0.2) is 0 Å². The Morgan fingerprint density at radius 1 is 1.26 bits per heavy atom. The van der Waals surface area contributed by atoms with Crippen molar-refractivity contribution in [2.24, 2.45) is 5.92 Å². The maximum atomic E-state index is 11.7. The second-order valence-electron chi connectivity index (χ2n) is 4.72. The van der Waals surface area contributed by atoms with Crippen LogP contribution in [0.4, 0.5) is 4.79 Å². The minimum atomic E-state index is -1.09. The standard InChI is InChI=1S/C12H23N3O4/c1-5-6-13-9(16)7-15(4)12(19)14-10(8(2)3)11(17)18/h8,10H,5-7H2,1-4H3,(H,13,16)(H,14,19)(H,17,18)/t10-/m1/s1. The molecule has 0 radical (unpaired) electrons. The molecule has 0 aromatic heterocycles. The number of amides is 3. The topological polar surface area (TPSA) is 98.7 Å². The average molecular weight is 273 g/mol. The van der Waals surface area contributed by atoms with Gasteiger partial charge in [-0.25, -0.2) is 9.59 Å². The molecule has 0 aromatic carbocycles. The lowest BCUT2D eigenvalue weighted by atomic mass is 10.1. The Bertz CT molecular complexity index is 331. The van der Waals surface area contributed by atoms with Crippen molar-refractivity contribution in [2.75, 3.05) is 20.1 Å². The summed E-state index contributed by atoms with van der Waals surface area (Å²) in [6.45, 7) is 5.78. The van der Waals surface area contributed by atoms with Gasteiger partial charge in [0.2, 0.25) is 5.91 Å². The van der Waals surface area contributed by atoms with Crippen molar-refractivity contribution in [1.82, 2.24) is 15.5 Å². The SMILES string of the molecule is CCCNC(=O)CN(C)C(=O)N[C@@H](C(=O)O)C(C)C. The molecule has 0 fully saturated rings. The molecule has 0 unspecified atom stereocenters. The molecular weight excluding hydrogens is 250 g/mol. The Labute approximate surface area is 113 Å². The number of carboxylic acids is 1. The van der Waals surface area contributed by atoms with Gasteiger partial charge in [0.05, 0.1) is 0 Å². The van der Waals surface area contributed by atoms with Gasteiger partial charge in [-0.3, -0.25) is 4.79 Å². The van der Waals surface area contributed by atoms with E-state index in [4.69, 9.17) is 5.11 Å². The van der Waals surface area contributed by atoms with Gasteiger partial charge in [0.15, 0.2) is 0 Å². The van der Waals surface area contributed by atoms with Crippen molar-refractivity contribution in [3.05, 3.63) is 0 Å². The van der Waals surface area contributed by atoms with E-state index in [1.165, 1.54) is 7.05 Å². The molecule has 0 aliphatic heterocycles. The first-order chi connectivity index (χ1) is 8.79. The predicted molar refractivity (Wildman–Crippen MR) is 70.7 cm³/mol. The molecule has 7 nitrogen and oxygen atoms in total. The van der Waals surface area contributed by atoms with Gasteiger partial charge in [0.25, 0.3) is 0 Å². The summed E-state index contributed by atoms with van der Waals surface area (Å²) in [5.41, 5.74) is 0. The lowest BCUT2D eigenvalue weighted by molar-refractivity contribution is -0.140. The molecule has 0 aliphatic rings.